The number of piperidine rings is 1. The molecule has 1 fully saturated rings. The summed E-state index contributed by atoms with van der Waals surface area (Å²) >= 11 is 0. The molecular weight excluding hydrogens is 273 g/mol. The van der Waals surface area contributed by atoms with Crippen molar-refractivity contribution in [1.82, 2.24) is 10.6 Å². The summed E-state index contributed by atoms with van der Waals surface area (Å²) in [6.45, 7) is 1.74. The number of carbonyl (C=O) groups excluding carboxylic acids is 1. The van der Waals surface area contributed by atoms with Gasteiger partial charge in [0.1, 0.15) is 11.9 Å². The van der Waals surface area contributed by atoms with Gasteiger partial charge >= 0.3 is 0 Å². The minimum atomic E-state index is -0.675. The van der Waals surface area contributed by atoms with Crippen LogP contribution in [-0.4, -0.2) is 44.8 Å². The van der Waals surface area contributed by atoms with Crippen molar-refractivity contribution >= 4 is 5.91 Å². The number of halogens is 1. The normalized spacial score (nSPS) is 23.6. The highest BCUT2D eigenvalue weighted by molar-refractivity contribution is 5.82. The van der Waals surface area contributed by atoms with E-state index in [9.17, 15) is 9.18 Å². The van der Waals surface area contributed by atoms with Crippen LogP contribution in [0.1, 0.15) is 17.9 Å². The zero-order valence-corrected chi connectivity index (χ0v) is 12.1. The average molecular weight is 295 g/mol. The fourth-order valence-electron chi connectivity index (χ4n) is 2.66. The first-order chi connectivity index (χ1) is 10.1. The van der Waals surface area contributed by atoms with Gasteiger partial charge in [0, 0.05) is 25.6 Å². The molecule has 0 radical (unpaired) electrons. The highest BCUT2D eigenvalue weighted by Gasteiger charge is 2.29. The van der Waals surface area contributed by atoms with E-state index in [1.165, 1.54) is 19.2 Å². The Balaban J connectivity index is 2.05. The van der Waals surface area contributed by atoms with Gasteiger partial charge in [0.2, 0.25) is 5.91 Å². The Morgan fingerprint density at radius 1 is 1.52 bits per heavy atom. The van der Waals surface area contributed by atoms with Gasteiger partial charge in [-0.1, -0.05) is 12.1 Å². The first kappa shape index (κ1) is 15.9. The number of hydrogen-bond acceptors (Lipinski definition) is 4. The van der Waals surface area contributed by atoms with Crippen molar-refractivity contribution < 1.29 is 13.9 Å². The van der Waals surface area contributed by atoms with Crippen LogP contribution in [0.5, 0.6) is 0 Å². The molecule has 1 aliphatic rings. The third-order valence-corrected chi connectivity index (χ3v) is 3.79. The van der Waals surface area contributed by atoms with E-state index in [-0.39, 0.29) is 30.3 Å². The van der Waals surface area contributed by atoms with E-state index < -0.39 is 6.04 Å². The maximum atomic E-state index is 13.0. The molecule has 0 aromatic heterocycles. The molecular formula is C15H22FN3O2. The number of ether oxygens (including phenoxy) is 1. The fraction of sp³-hybridized carbons (Fsp3) is 0.533. The Kier molecular flexibility index (Phi) is 5.67. The molecule has 1 aliphatic heterocycles. The predicted molar refractivity (Wildman–Crippen MR) is 78.4 cm³/mol. The van der Waals surface area contributed by atoms with E-state index in [0.29, 0.717) is 6.54 Å². The largest absolute Gasteiger partial charge is 0.383 e. The number of amides is 1. The highest BCUT2D eigenvalue weighted by atomic mass is 19.1. The Morgan fingerprint density at radius 3 is 2.90 bits per heavy atom. The summed E-state index contributed by atoms with van der Waals surface area (Å²) in [5.41, 5.74) is 6.77. The molecule has 0 bridgehead atoms. The summed E-state index contributed by atoms with van der Waals surface area (Å²) in [5, 5.41) is 6.23. The van der Waals surface area contributed by atoms with Gasteiger partial charge in [-0.2, -0.15) is 0 Å². The third kappa shape index (κ3) is 4.23. The maximum absolute atomic E-state index is 13.0. The summed E-state index contributed by atoms with van der Waals surface area (Å²) in [5.74, 6) is -0.321. The minimum Gasteiger partial charge on any atom is -0.383 e. The van der Waals surface area contributed by atoms with Crippen molar-refractivity contribution in [2.75, 3.05) is 26.8 Å². The van der Waals surface area contributed by atoms with Crippen molar-refractivity contribution in [1.29, 1.82) is 0 Å². The number of carbonyl (C=O) groups is 1. The number of methoxy groups -OCH3 is 1. The third-order valence-electron chi connectivity index (χ3n) is 3.79. The number of hydrogen-bond donors (Lipinski definition) is 3. The van der Waals surface area contributed by atoms with Crippen molar-refractivity contribution in [3.05, 3.63) is 35.6 Å². The summed E-state index contributed by atoms with van der Waals surface area (Å²) in [6.07, 6.45) is 0.885. The molecule has 1 saturated heterocycles. The molecule has 1 heterocycles. The van der Waals surface area contributed by atoms with Crippen LogP contribution in [0.25, 0.3) is 0 Å². The van der Waals surface area contributed by atoms with Gasteiger partial charge in [0.15, 0.2) is 0 Å². The molecule has 1 aromatic carbocycles. The smallest absolute Gasteiger partial charge is 0.239 e. The van der Waals surface area contributed by atoms with Gasteiger partial charge in [0.05, 0.1) is 6.61 Å². The predicted octanol–water partition coefficient (Wildman–Crippen LogP) is 0.361. The van der Waals surface area contributed by atoms with Crippen LogP contribution < -0.4 is 16.4 Å². The Labute approximate surface area is 124 Å². The molecule has 21 heavy (non-hydrogen) atoms. The van der Waals surface area contributed by atoms with E-state index in [4.69, 9.17) is 10.5 Å². The van der Waals surface area contributed by atoms with Gasteiger partial charge in [-0.3, -0.25) is 4.79 Å². The monoisotopic (exact) mass is 295 g/mol. The lowest BCUT2D eigenvalue weighted by Crippen LogP contribution is -2.54. The maximum Gasteiger partial charge on any atom is 0.239 e. The lowest BCUT2D eigenvalue weighted by atomic mass is 9.86. The molecule has 0 spiro atoms. The molecule has 3 unspecified atom stereocenters. The Hall–Kier alpha value is -1.50. The zero-order chi connectivity index (χ0) is 15.2. The molecule has 2 rings (SSSR count). The fourth-order valence-corrected chi connectivity index (χ4v) is 2.66. The molecule has 6 heteroatoms. The molecule has 5 nitrogen and oxygen atoms in total. The lowest BCUT2D eigenvalue weighted by Gasteiger charge is -2.33. The first-order valence-electron chi connectivity index (χ1n) is 7.13. The van der Waals surface area contributed by atoms with Crippen LogP contribution in [-0.2, 0) is 9.53 Å². The number of nitrogens with one attached hydrogen (secondary N) is 2. The Bertz CT molecular complexity index is 466. The topological polar surface area (TPSA) is 76.4 Å². The van der Waals surface area contributed by atoms with Gasteiger partial charge in [0.25, 0.3) is 0 Å². The molecule has 1 aromatic rings. The summed E-state index contributed by atoms with van der Waals surface area (Å²) in [4.78, 5) is 12.0. The van der Waals surface area contributed by atoms with Crippen LogP contribution in [0.4, 0.5) is 4.39 Å². The van der Waals surface area contributed by atoms with Crippen molar-refractivity contribution in [2.24, 2.45) is 5.73 Å². The summed E-state index contributed by atoms with van der Waals surface area (Å²) in [6, 6.07) is 5.73. The molecule has 3 atom stereocenters. The van der Waals surface area contributed by atoms with E-state index in [1.807, 2.05) is 0 Å². The van der Waals surface area contributed by atoms with Crippen molar-refractivity contribution in [3.8, 4) is 0 Å². The van der Waals surface area contributed by atoms with E-state index in [2.05, 4.69) is 10.6 Å². The number of rotatable bonds is 5. The molecule has 0 aliphatic carbocycles. The van der Waals surface area contributed by atoms with Crippen molar-refractivity contribution in [2.45, 2.75) is 24.4 Å². The van der Waals surface area contributed by atoms with Crippen LogP contribution in [0.15, 0.2) is 24.3 Å². The van der Waals surface area contributed by atoms with Gasteiger partial charge in [-0.15, -0.1) is 0 Å². The molecule has 4 N–H and O–H groups in total. The minimum absolute atomic E-state index is 0.0559. The molecule has 0 saturated carbocycles. The van der Waals surface area contributed by atoms with Gasteiger partial charge < -0.3 is 21.1 Å². The first-order valence-corrected chi connectivity index (χ1v) is 7.13. The number of nitrogens with two attached hydrogens (primary N) is 1. The second kappa shape index (κ2) is 7.49. The van der Waals surface area contributed by atoms with Crippen LogP contribution in [0.3, 0.4) is 0 Å². The number of benzene rings is 1. The second-order valence-electron chi connectivity index (χ2n) is 5.33. The summed E-state index contributed by atoms with van der Waals surface area (Å²) in [7, 11) is 1.51. The lowest BCUT2D eigenvalue weighted by molar-refractivity contribution is -0.124. The van der Waals surface area contributed by atoms with E-state index >= 15 is 0 Å². The van der Waals surface area contributed by atoms with Crippen LogP contribution in [0, 0.1) is 5.82 Å². The average Bonchev–Trinajstić information content (AvgIpc) is 2.49. The van der Waals surface area contributed by atoms with Crippen molar-refractivity contribution in [3.63, 3.8) is 0 Å². The van der Waals surface area contributed by atoms with Gasteiger partial charge in [-0.05, 0) is 30.7 Å². The summed E-state index contributed by atoms with van der Waals surface area (Å²) < 4.78 is 17.9. The molecule has 1 amide bonds. The second-order valence-corrected chi connectivity index (χ2v) is 5.33. The highest BCUT2D eigenvalue weighted by Crippen LogP contribution is 2.25. The Morgan fingerprint density at radius 2 is 2.24 bits per heavy atom. The quantitative estimate of drug-likeness (QED) is 0.733. The van der Waals surface area contributed by atoms with Gasteiger partial charge in [-0.25, -0.2) is 4.39 Å². The van der Waals surface area contributed by atoms with E-state index in [1.54, 1.807) is 12.1 Å². The van der Waals surface area contributed by atoms with Crippen LogP contribution >= 0.6 is 0 Å². The SMILES string of the molecule is COCC(N)C(=O)NC1CNCCC1c1ccc(F)cc1. The standard InChI is InChI=1S/C15H22FN3O2/c1-21-9-13(17)15(20)19-14-8-18-7-6-12(14)10-2-4-11(16)5-3-10/h2-5,12-14,18H,6-9,17H2,1H3,(H,19,20). The van der Waals surface area contributed by atoms with Crippen LogP contribution in [0.2, 0.25) is 0 Å². The van der Waals surface area contributed by atoms with E-state index in [0.717, 1.165) is 18.5 Å². The zero-order valence-electron chi connectivity index (χ0n) is 12.1. The molecule has 116 valence electrons.